The number of fused-ring (bicyclic) bond motifs is 1. The molecular formula is C10H7KO4S. The van der Waals surface area contributed by atoms with E-state index in [1.807, 2.05) is 0 Å². The predicted octanol–water partition coefficient (Wildman–Crippen LogP) is -2.13. The summed E-state index contributed by atoms with van der Waals surface area (Å²) in [6, 6.07) is 6.46. The topological polar surface area (TPSA) is 74.3 Å². The van der Waals surface area contributed by atoms with Gasteiger partial charge in [-0.05, 0) is 17.2 Å². The number of rotatable bonds is 1. The van der Waals surface area contributed by atoms with Crippen LogP contribution in [0.2, 0.25) is 0 Å². The van der Waals surface area contributed by atoms with Crippen LogP contribution in [0.1, 0.15) is 16.4 Å². The molecule has 1 aliphatic carbocycles. The van der Waals surface area contributed by atoms with Gasteiger partial charge in [-0.25, -0.2) is 8.42 Å². The second kappa shape index (κ2) is 5.22. The van der Waals surface area contributed by atoms with Crippen molar-refractivity contribution in [2.24, 2.45) is 0 Å². The Morgan fingerprint density at radius 1 is 1.12 bits per heavy atom. The van der Waals surface area contributed by atoms with Gasteiger partial charge in [0.15, 0.2) is 5.78 Å². The van der Waals surface area contributed by atoms with Crippen LogP contribution < -0.4 is 51.4 Å². The van der Waals surface area contributed by atoms with Crippen molar-refractivity contribution in [2.45, 2.75) is 5.25 Å². The number of hydrogen-bond donors (Lipinski definition) is 0. The molecule has 16 heavy (non-hydrogen) atoms. The monoisotopic (exact) mass is 262 g/mol. The quantitative estimate of drug-likeness (QED) is 0.428. The molecule has 0 aromatic heterocycles. The number of carbonyl (C=O) groups excluding carboxylic acids is 1. The Labute approximate surface area is 136 Å². The molecule has 0 amide bonds. The molecule has 1 atom stereocenters. The Morgan fingerprint density at radius 3 is 2.38 bits per heavy atom. The Kier molecular flexibility index (Phi) is 4.64. The minimum Gasteiger partial charge on any atom is -0.747 e. The molecule has 0 spiro atoms. The van der Waals surface area contributed by atoms with Gasteiger partial charge in [-0.3, -0.25) is 4.79 Å². The molecular weight excluding hydrogens is 255 g/mol. The van der Waals surface area contributed by atoms with E-state index < -0.39 is 21.2 Å². The van der Waals surface area contributed by atoms with Crippen LogP contribution in [0.25, 0.3) is 6.08 Å². The first-order valence-corrected chi connectivity index (χ1v) is 5.73. The van der Waals surface area contributed by atoms with Gasteiger partial charge in [0, 0.05) is 0 Å². The fourth-order valence-electron chi connectivity index (χ4n) is 1.61. The van der Waals surface area contributed by atoms with Crippen molar-refractivity contribution >= 4 is 22.0 Å². The summed E-state index contributed by atoms with van der Waals surface area (Å²) >= 11 is 0. The van der Waals surface area contributed by atoms with E-state index in [1.165, 1.54) is 12.1 Å². The van der Waals surface area contributed by atoms with Crippen molar-refractivity contribution < 1.29 is 69.1 Å². The number of benzene rings is 1. The number of allylic oxidation sites excluding steroid dienone is 1. The van der Waals surface area contributed by atoms with E-state index in [9.17, 15) is 17.8 Å². The van der Waals surface area contributed by atoms with E-state index in [4.69, 9.17) is 0 Å². The molecule has 2 rings (SSSR count). The van der Waals surface area contributed by atoms with Crippen molar-refractivity contribution in [3.63, 3.8) is 0 Å². The molecule has 0 aliphatic heterocycles. The minimum absolute atomic E-state index is 0. The molecule has 0 radical (unpaired) electrons. The molecule has 1 aromatic rings. The molecule has 0 saturated heterocycles. The molecule has 6 heteroatoms. The van der Waals surface area contributed by atoms with Gasteiger partial charge < -0.3 is 4.55 Å². The number of ketones is 1. The maximum Gasteiger partial charge on any atom is 1.00 e. The van der Waals surface area contributed by atoms with Gasteiger partial charge in [0.05, 0.1) is 0 Å². The Hall–Kier alpha value is 0.176. The third kappa shape index (κ3) is 2.70. The van der Waals surface area contributed by atoms with Gasteiger partial charge in [-0.15, -0.1) is 0 Å². The van der Waals surface area contributed by atoms with E-state index in [-0.39, 0.29) is 56.9 Å². The molecule has 0 heterocycles. The normalized spacial score (nSPS) is 18.8. The summed E-state index contributed by atoms with van der Waals surface area (Å²) < 4.78 is 32.8. The van der Waals surface area contributed by atoms with Crippen LogP contribution in [0.4, 0.5) is 0 Å². The summed E-state index contributed by atoms with van der Waals surface area (Å²) in [6.07, 6.45) is 2.64. The summed E-state index contributed by atoms with van der Waals surface area (Å²) in [6.45, 7) is 0. The summed E-state index contributed by atoms with van der Waals surface area (Å²) in [4.78, 5) is 11.3. The summed E-state index contributed by atoms with van der Waals surface area (Å²) in [5, 5.41) is -1.58. The molecule has 0 bridgehead atoms. The Morgan fingerprint density at radius 2 is 1.75 bits per heavy atom. The molecule has 1 aliphatic rings. The average Bonchev–Trinajstić information content (AvgIpc) is 2.15. The molecule has 78 valence electrons. The zero-order chi connectivity index (χ0) is 11.1. The van der Waals surface area contributed by atoms with Gasteiger partial charge in [0.1, 0.15) is 15.4 Å². The zero-order valence-corrected chi connectivity index (χ0v) is 12.5. The second-order valence-corrected chi connectivity index (χ2v) is 4.69. The van der Waals surface area contributed by atoms with Crippen molar-refractivity contribution in [2.75, 3.05) is 0 Å². The van der Waals surface area contributed by atoms with E-state index in [0.717, 1.165) is 6.08 Å². The van der Waals surface area contributed by atoms with Crippen LogP contribution in [-0.2, 0) is 14.9 Å². The fraction of sp³-hybridized carbons (Fsp3) is 0.100. The molecule has 0 N–H and O–H groups in total. The maximum atomic E-state index is 11.3. The Balaban J connectivity index is 0.00000128. The maximum absolute atomic E-state index is 11.3. The summed E-state index contributed by atoms with van der Waals surface area (Å²) in [7, 11) is -4.64. The van der Waals surface area contributed by atoms with Crippen molar-refractivity contribution in [3.8, 4) is 0 Å². The largest absolute Gasteiger partial charge is 1.00 e. The molecule has 1 aromatic carbocycles. The zero-order valence-electron chi connectivity index (χ0n) is 8.58. The summed E-state index contributed by atoms with van der Waals surface area (Å²) in [5.74, 6) is -0.677. The first-order chi connectivity index (χ1) is 7.00. The smallest absolute Gasteiger partial charge is 0.747 e. The minimum atomic E-state index is -4.64. The molecule has 4 nitrogen and oxygen atoms in total. The van der Waals surface area contributed by atoms with Crippen molar-refractivity contribution in [1.82, 2.24) is 0 Å². The molecule has 0 fully saturated rings. The van der Waals surface area contributed by atoms with Crippen molar-refractivity contribution in [3.05, 3.63) is 41.5 Å². The van der Waals surface area contributed by atoms with Crippen molar-refractivity contribution in [1.29, 1.82) is 0 Å². The summed E-state index contributed by atoms with van der Waals surface area (Å²) in [5.41, 5.74) is 0.863. The predicted molar refractivity (Wildman–Crippen MR) is 52.9 cm³/mol. The first kappa shape index (κ1) is 14.2. The SMILES string of the molecule is O=C1C=Cc2ccccc2C1S(=O)(=O)[O-].[K+]. The van der Waals surface area contributed by atoms with E-state index >= 15 is 0 Å². The van der Waals surface area contributed by atoms with Crippen LogP contribution in [0.3, 0.4) is 0 Å². The van der Waals surface area contributed by atoms with E-state index in [0.29, 0.717) is 5.56 Å². The van der Waals surface area contributed by atoms with Crippen LogP contribution in [0.5, 0.6) is 0 Å². The van der Waals surface area contributed by atoms with E-state index in [1.54, 1.807) is 18.2 Å². The van der Waals surface area contributed by atoms with Crippen LogP contribution in [0.15, 0.2) is 30.3 Å². The molecule has 1 unspecified atom stereocenters. The van der Waals surface area contributed by atoms with Crippen LogP contribution in [0, 0.1) is 0 Å². The number of hydrogen-bond acceptors (Lipinski definition) is 4. The third-order valence-electron chi connectivity index (χ3n) is 2.25. The standard InChI is InChI=1S/C10H8O4S.K/c11-9-6-5-7-3-1-2-4-8(7)10(9)15(12,13)14;/h1-6,10H,(H,12,13,14);/q;+1/p-1. The average molecular weight is 262 g/mol. The van der Waals surface area contributed by atoms with E-state index in [2.05, 4.69) is 0 Å². The Bertz CT molecular complexity index is 548. The fourth-order valence-corrected chi connectivity index (χ4v) is 2.50. The molecule has 0 saturated carbocycles. The van der Waals surface area contributed by atoms with Gasteiger partial charge in [-0.1, -0.05) is 30.3 Å². The van der Waals surface area contributed by atoms with Crippen LogP contribution in [-0.4, -0.2) is 18.8 Å². The van der Waals surface area contributed by atoms with Gasteiger partial charge >= 0.3 is 51.4 Å². The van der Waals surface area contributed by atoms with Crippen LogP contribution >= 0.6 is 0 Å². The second-order valence-electron chi connectivity index (χ2n) is 3.24. The third-order valence-corrected chi connectivity index (χ3v) is 3.32. The number of carbonyl (C=O) groups is 1. The van der Waals surface area contributed by atoms with Gasteiger partial charge in [-0.2, -0.15) is 0 Å². The van der Waals surface area contributed by atoms with Gasteiger partial charge in [0.25, 0.3) is 0 Å². The van der Waals surface area contributed by atoms with Gasteiger partial charge in [0.2, 0.25) is 0 Å². The first-order valence-electron chi connectivity index (χ1n) is 4.26.